The molecule has 0 bridgehead atoms. The molecule has 1 N–H and O–H groups in total. The third kappa shape index (κ3) is 5.94. The zero-order valence-corrected chi connectivity index (χ0v) is 16.0. The van der Waals surface area contributed by atoms with Gasteiger partial charge in [0.15, 0.2) is 0 Å². The van der Waals surface area contributed by atoms with Gasteiger partial charge in [0.1, 0.15) is 0 Å². The molecule has 6 nitrogen and oxygen atoms in total. The molecule has 1 amide bonds. The Morgan fingerprint density at radius 1 is 1.42 bits per heavy atom. The van der Waals surface area contributed by atoms with Gasteiger partial charge in [0.05, 0.1) is 9.26 Å². The Morgan fingerprint density at radius 2 is 2.19 bits per heavy atom. The number of rotatable bonds is 9. The maximum Gasteiger partial charge on any atom is 0.269 e. The number of hydrogen-bond acceptors (Lipinski definition) is 5. The molecule has 0 atom stereocenters. The first-order valence-electron chi connectivity index (χ1n) is 8.01. The number of non-ortho nitro benzene ring substituents is 1. The number of carbonyl (C=O) groups is 1. The molecule has 2 aromatic rings. The van der Waals surface area contributed by atoms with Crippen LogP contribution in [0.5, 0.6) is 0 Å². The van der Waals surface area contributed by atoms with Crippen molar-refractivity contribution >= 4 is 40.2 Å². The average molecular weight is 394 g/mol. The van der Waals surface area contributed by atoms with Crippen molar-refractivity contribution in [3.63, 3.8) is 0 Å². The number of thiophene rings is 1. The average Bonchev–Trinajstić information content (AvgIpc) is 2.99. The van der Waals surface area contributed by atoms with Gasteiger partial charge in [-0.2, -0.15) is 0 Å². The summed E-state index contributed by atoms with van der Waals surface area (Å²) in [6, 6.07) is 8.22. The van der Waals surface area contributed by atoms with Crippen LogP contribution in [0.1, 0.15) is 16.9 Å². The van der Waals surface area contributed by atoms with Gasteiger partial charge in [0.2, 0.25) is 5.91 Å². The largest absolute Gasteiger partial charge is 0.326 e. The minimum atomic E-state index is -0.456. The highest BCUT2D eigenvalue weighted by molar-refractivity contribution is 7.16. The third-order valence-electron chi connectivity index (χ3n) is 3.75. The third-order valence-corrected chi connectivity index (χ3v) is 4.96. The summed E-state index contributed by atoms with van der Waals surface area (Å²) in [6.07, 6.45) is 2.11. The molecular formula is C18H20ClN3O3S. The molecule has 0 saturated heterocycles. The van der Waals surface area contributed by atoms with E-state index in [2.05, 4.69) is 16.8 Å². The fraction of sp³-hybridized carbons (Fsp3) is 0.278. The number of anilines is 1. The predicted molar refractivity (Wildman–Crippen MR) is 106 cm³/mol. The van der Waals surface area contributed by atoms with Crippen molar-refractivity contribution < 1.29 is 9.72 Å². The Labute approximate surface area is 161 Å². The molecule has 0 unspecified atom stereocenters. The maximum atomic E-state index is 12.2. The van der Waals surface area contributed by atoms with Crippen LogP contribution in [0.4, 0.5) is 11.4 Å². The van der Waals surface area contributed by atoms with E-state index in [9.17, 15) is 14.9 Å². The SMILES string of the molecule is C=CCN(CCC(=O)Nc1ccc([N+](=O)[O-])cc1C)Cc1ccc(Cl)s1. The number of aryl methyl sites for hydroxylation is 1. The van der Waals surface area contributed by atoms with Gasteiger partial charge in [-0.1, -0.05) is 17.7 Å². The normalized spacial score (nSPS) is 10.7. The van der Waals surface area contributed by atoms with Crippen LogP contribution >= 0.6 is 22.9 Å². The van der Waals surface area contributed by atoms with E-state index in [0.717, 1.165) is 9.21 Å². The molecule has 0 fully saturated rings. The zero-order chi connectivity index (χ0) is 19.1. The lowest BCUT2D eigenvalue weighted by atomic mass is 10.1. The molecular weight excluding hydrogens is 374 g/mol. The summed E-state index contributed by atoms with van der Waals surface area (Å²) in [5, 5.41) is 13.6. The van der Waals surface area contributed by atoms with E-state index in [4.69, 9.17) is 11.6 Å². The maximum absolute atomic E-state index is 12.2. The smallest absolute Gasteiger partial charge is 0.269 e. The fourth-order valence-corrected chi connectivity index (χ4v) is 3.58. The Kier molecular flexibility index (Phi) is 7.32. The lowest BCUT2D eigenvalue weighted by molar-refractivity contribution is -0.384. The van der Waals surface area contributed by atoms with E-state index in [-0.39, 0.29) is 11.6 Å². The summed E-state index contributed by atoms with van der Waals surface area (Å²) in [7, 11) is 0. The lowest BCUT2D eigenvalue weighted by Crippen LogP contribution is -2.27. The number of nitro benzene ring substituents is 1. The van der Waals surface area contributed by atoms with Gasteiger partial charge >= 0.3 is 0 Å². The molecule has 1 aromatic carbocycles. The standard InChI is InChI=1S/C18H20ClN3O3S/c1-3-9-21(12-15-5-7-17(19)26-15)10-8-18(23)20-16-6-4-14(22(24)25)11-13(16)2/h3-7,11H,1,8-10,12H2,2H3,(H,20,23). The number of nitrogens with one attached hydrogen (secondary N) is 1. The first kappa shape index (κ1) is 20.1. The van der Waals surface area contributed by atoms with Crippen molar-refractivity contribution in [2.24, 2.45) is 0 Å². The summed E-state index contributed by atoms with van der Waals surface area (Å²) in [6.45, 7) is 7.42. The van der Waals surface area contributed by atoms with Crippen molar-refractivity contribution in [3.05, 3.63) is 67.9 Å². The Bertz CT molecular complexity index is 807. The molecule has 1 heterocycles. The van der Waals surface area contributed by atoms with Gasteiger partial charge in [-0.3, -0.25) is 19.8 Å². The van der Waals surface area contributed by atoms with Gasteiger partial charge in [0.25, 0.3) is 5.69 Å². The second-order valence-electron chi connectivity index (χ2n) is 5.78. The zero-order valence-electron chi connectivity index (χ0n) is 14.4. The number of carbonyl (C=O) groups excluding carboxylic acids is 1. The lowest BCUT2D eigenvalue weighted by Gasteiger charge is -2.19. The Hall–Kier alpha value is -2.22. The van der Waals surface area contributed by atoms with Gasteiger partial charge < -0.3 is 5.32 Å². The molecule has 0 aliphatic rings. The van der Waals surface area contributed by atoms with Crippen LogP contribution in [0.3, 0.4) is 0 Å². The molecule has 0 spiro atoms. The number of amides is 1. The van der Waals surface area contributed by atoms with E-state index >= 15 is 0 Å². The van der Waals surface area contributed by atoms with E-state index in [1.54, 1.807) is 19.1 Å². The van der Waals surface area contributed by atoms with Gasteiger partial charge in [-0.25, -0.2) is 0 Å². The van der Waals surface area contributed by atoms with Crippen LogP contribution in [0, 0.1) is 17.0 Å². The van der Waals surface area contributed by atoms with Crippen molar-refractivity contribution in [2.45, 2.75) is 19.9 Å². The molecule has 1 aromatic heterocycles. The van der Waals surface area contributed by atoms with Gasteiger partial charge in [-0.05, 0) is 30.7 Å². The molecule has 0 aliphatic heterocycles. The molecule has 138 valence electrons. The highest BCUT2D eigenvalue weighted by Crippen LogP contribution is 2.23. The Morgan fingerprint density at radius 3 is 2.77 bits per heavy atom. The highest BCUT2D eigenvalue weighted by Gasteiger charge is 2.12. The van der Waals surface area contributed by atoms with Crippen molar-refractivity contribution in [2.75, 3.05) is 18.4 Å². The second-order valence-corrected chi connectivity index (χ2v) is 7.58. The number of nitro groups is 1. The Balaban J connectivity index is 1.91. The topological polar surface area (TPSA) is 75.5 Å². The molecule has 26 heavy (non-hydrogen) atoms. The van der Waals surface area contributed by atoms with Gasteiger partial charge in [0, 0.05) is 48.8 Å². The fourth-order valence-electron chi connectivity index (χ4n) is 2.45. The van der Waals surface area contributed by atoms with E-state index in [1.807, 2.05) is 12.1 Å². The number of nitrogens with zero attached hydrogens (tertiary/aromatic N) is 2. The second kappa shape index (κ2) is 9.47. The predicted octanol–water partition coefficient (Wildman–Crippen LogP) is 4.63. The van der Waals surface area contributed by atoms with Crippen LogP contribution in [-0.4, -0.2) is 28.8 Å². The van der Waals surface area contributed by atoms with Crippen LogP contribution in [0.2, 0.25) is 4.34 Å². The van der Waals surface area contributed by atoms with E-state index in [1.165, 1.54) is 23.5 Å². The summed E-state index contributed by atoms with van der Waals surface area (Å²) in [4.78, 5) is 25.8. The minimum absolute atomic E-state index is 0.00673. The van der Waals surface area contributed by atoms with E-state index < -0.39 is 4.92 Å². The van der Waals surface area contributed by atoms with Crippen LogP contribution < -0.4 is 5.32 Å². The molecule has 2 rings (SSSR count). The molecule has 0 aliphatic carbocycles. The van der Waals surface area contributed by atoms with Crippen molar-refractivity contribution in [1.29, 1.82) is 0 Å². The summed E-state index contributed by atoms with van der Waals surface area (Å²) in [5.41, 5.74) is 1.25. The quantitative estimate of drug-likeness (QED) is 0.382. The van der Waals surface area contributed by atoms with Crippen molar-refractivity contribution in [1.82, 2.24) is 4.90 Å². The number of benzene rings is 1. The minimum Gasteiger partial charge on any atom is -0.326 e. The van der Waals surface area contributed by atoms with Crippen LogP contribution in [-0.2, 0) is 11.3 Å². The first-order chi connectivity index (χ1) is 12.4. The molecule has 0 radical (unpaired) electrons. The van der Waals surface area contributed by atoms with E-state index in [0.29, 0.717) is 37.3 Å². The summed E-state index contributed by atoms with van der Waals surface area (Å²) < 4.78 is 0.741. The summed E-state index contributed by atoms with van der Waals surface area (Å²) >= 11 is 7.48. The molecule has 0 saturated carbocycles. The van der Waals surface area contributed by atoms with Crippen LogP contribution in [0.25, 0.3) is 0 Å². The number of halogens is 1. The monoisotopic (exact) mass is 393 g/mol. The number of hydrogen-bond donors (Lipinski definition) is 1. The first-order valence-corrected chi connectivity index (χ1v) is 9.21. The van der Waals surface area contributed by atoms with Crippen LogP contribution in [0.15, 0.2) is 43.0 Å². The molecule has 8 heteroatoms. The summed E-state index contributed by atoms with van der Waals surface area (Å²) in [5.74, 6) is -0.139. The highest BCUT2D eigenvalue weighted by atomic mass is 35.5. The van der Waals surface area contributed by atoms with Gasteiger partial charge in [-0.15, -0.1) is 17.9 Å². The van der Waals surface area contributed by atoms with Crippen molar-refractivity contribution in [3.8, 4) is 0 Å².